The van der Waals surface area contributed by atoms with Crippen LogP contribution < -0.4 is 14.8 Å². The SMILES string of the molecule is CCOc1ccc(C(=O)NCC(C)CCO)cc1OC. The van der Waals surface area contributed by atoms with E-state index in [1.54, 1.807) is 25.3 Å². The van der Waals surface area contributed by atoms with Crippen LogP contribution in [0.25, 0.3) is 0 Å². The van der Waals surface area contributed by atoms with E-state index in [4.69, 9.17) is 14.6 Å². The molecule has 0 saturated carbocycles. The molecule has 1 aromatic carbocycles. The van der Waals surface area contributed by atoms with Crippen molar-refractivity contribution in [2.45, 2.75) is 20.3 Å². The van der Waals surface area contributed by atoms with Crippen molar-refractivity contribution in [3.05, 3.63) is 23.8 Å². The maximum atomic E-state index is 12.0. The van der Waals surface area contributed by atoms with Crippen molar-refractivity contribution in [1.29, 1.82) is 0 Å². The molecule has 5 nitrogen and oxygen atoms in total. The van der Waals surface area contributed by atoms with Gasteiger partial charge in [-0.25, -0.2) is 0 Å². The molecule has 0 aromatic heterocycles. The van der Waals surface area contributed by atoms with Crippen molar-refractivity contribution in [1.82, 2.24) is 5.32 Å². The Kier molecular flexibility index (Phi) is 6.87. The van der Waals surface area contributed by atoms with E-state index in [0.717, 1.165) is 0 Å². The molecule has 0 saturated heterocycles. The number of nitrogens with one attached hydrogen (secondary N) is 1. The summed E-state index contributed by atoms with van der Waals surface area (Å²) in [5.74, 6) is 1.26. The highest BCUT2D eigenvalue weighted by Crippen LogP contribution is 2.27. The smallest absolute Gasteiger partial charge is 0.251 e. The van der Waals surface area contributed by atoms with Gasteiger partial charge in [0.15, 0.2) is 11.5 Å². The molecule has 1 unspecified atom stereocenters. The lowest BCUT2D eigenvalue weighted by Crippen LogP contribution is -2.28. The molecule has 20 heavy (non-hydrogen) atoms. The van der Waals surface area contributed by atoms with E-state index in [-0.39, 0.29) is 18.4 Å². The lowest BCUT2D eigenvalue weighted by Gasteiger charge is -2.13. The summed E-state index contributed by atoms with van der Waals surface area (Å²) in [6, 6.07) is 5.10. The third kappa shape index (κ3) is 4.74. The minimum Gasteiger partial charge on any atom is -0.493 e. The van der Waals surface area contributed by atoms with Gasteiger partial charge in [-0.2, -0.15) is 0 Å². The van der Waals surface area contributed by atoms with Gasteiger partial charge in [0.1, 0.15) is 0 Å². The Morgan fingerprint density at radius 1 is 1.40 bits per heavy atom. The second kappa shape index (κ2) is 8.43. The molecule has 0 aliphatic heterocycles. The Morgan fingerprint density at radius 2 is 2.15 bits per heavy atom. The number of methoxy groups -OCH3 is 1. The number of ether oxygens (including phenoxy) is 2. The van der Waals surface area contributed by atoms with Gasteiger partial charge in [-0.1, -0.05) is 6.92 Å². The van der Waals surface area contributed by atoms with Gasteiger partial charge in [-0.05, 0) is 37.5 Å². The quantitative estimate of drug-likeness (QED) is 0.763. The summed E-state index contributed by atoms with van der Waals surface area (Å²) in [6.45, 7) is 5.08. The lowest BCUT2D eigenvalue weighted by molar-refractivity contribution is 0.0945. The van der Waals surface area contributed by atoms with Gasteiger partial charge in [0.05, 0.1) is 13.7 Å². The number of aliphatic hydroxyl groups excluding tert-OH is 1. The number of rotatable bonds is 8. The van der Waals surface area contributed by atoms with Crippen LogP contribution in [-0.4, -0.2) is 37.9 Å². The van der Waals surface area contributed by atoms with Crippen molar-refractivity contribution >= 4 is 5.91 Å². The number of carbonyl (C=O) groups excluding carboxylic acids is 1. The Labute approximate surface area is 119 Å². The fourth-order valence-corrected chi connectivity index (χ4v) is 1.78. The molecular formula is C15H23NO4. The van der Waals surface area contributed by atoms with Crippen LogP contribution in [0.2, 0.25) is 0 Å². The third-order valence-electron chi connectivity index (χ3n) is 2.96. The molecule has 1 atom stereocenters. The van der Waals surface area contributed by atoms with Crippen molar-refractivity contribution in [3.8, 4) is 11.5 Å². The molecule has 0 heterocycles. The number of carbonyl (C=O) groups is 1. The van der Waals surface area contributed by atoms with Crippen LogP contribution >= 0.6 is 0 Å². The molecule has 0 spiro atoms. The van der Waals surface area contributed by atoms with Gasteiger partial charge in [0.2, 0.25) is 0 Å². The Bertz CT molecular complexity index is 434. The molecule has 1 amide bonds. The van der Waals surface area contributed by atoms with Crippen molar-refractivity contribution < 1.29 is 19.4 Å². The summed E-state index contributed by atoms with van der Waals surface area (Å²) < 4.78 is 10.6. The van der Waals surface area contributed by atoms with E-state index in [9.17, 15) is 4.79 Å². The van der Waals surface area contributed by atoms with Gasteiger partial charge < -0.3 is 19.9 Å². The van der Waals surface area contributed by atoms with Gasteiger partial charge in [-0.15, -0.1) is 0 Å². The number of hydrogen-bond acceptors (Lipinski definition) is 4. The van der Waals surface area contributed by atoms with Gasteiger partial charge >= 0.3 is 0 Å². The summed E-state index contributed by atoms with van der Waals surface area (Å²) in [5, 5.41) is 11.7. The highest BCUT2D eigenvalue weighted by atomic mass is 16.5. The molecule has 0 fully saturated rings. The molecular weight excluding hydrogens is 258 g/mol. The Hall–Kier alpha value is -1.75. The summed E-state index contributed by atoms with van der Waals surface area (Å²) in [5.41, 5.74) is 0.529. The number of amides is 1. The van der Waals surface area contributed by atoms with Crippen molar-refractivity contribution in [2.24, 2.45) is 5.92 Å². The average molecular weight is 281 g/mol. The van der Waals surface area contributed by atoms with E-state index in [2.05, 4.69) is 5.32 Å². The largest absolute Gasteiger partial charge is 0.493 e. The van der Waals surface area contributed by atoms with E-state index >= 15 is 0 Å². The maximum absolute atomic E-state index is 12.0. The predicted octanol–water partition coefficient (Wildman–Crippen LogP) is 1.84. The second-order valence-electron chi connectivity index (χ2n) is 4.63. The summed E-state index contributed by atoms with van der Waals surface area (Å²) >= 11 is 0. The van der Waals surface area contributed by atoms with Gasteiger partial charge in [-0.3, -0.25) is 4.79 Å². The second-order valence-corrected chi connectivity index (χ2v) is 4.63. The van der Waals surface area contributed by atoms with Crippen LogP contribution in [-0.2, 0) is 0 Å². The standard InChI is InChI=1S/C15H23NO4/c1-4-20-13-6-5-12(9-14(13)19-3)15(18)16-10-11(2)7-8-17/h5-6,9,11,17H,4,7-8,10H2,1-3H3,(H,16,18). The topological polar surface area (TPSA) is 67.8 Å². The fraction of sp³-hybridized carbons (Fsp3) is 0.533. The first-order valence-electron chi connectivity index (χ1n) is 6.82. The van der Waals surface area contributed by atoms with Crippen LogP contribution in [0, 0.1) is 5.92 Å². The Balaban J connectivity index is 2.68. The fourth-order valence-electron chi connectivity index (χ4n) is 1.78. The van der Waals surface area contributed by atoms with Crippen molar-refractivity contribution in [2.75, 3.05) is 26.9 Å². The molecule has 2 N–H and O–H groups in total. The highest BCUT2D eigenvalue weighted by Gasteiger charge is 2.11. The number of aliphatic hydroxyl groups is 1. The van der Waals surface area contributed by atoms with Crippen molar-refractivity contribution in [3.63, 3.8) is 0 Å². The third-order valence-corrected chi connectivity index (χ3v) is 2.96. The van der Waals surface area contributed by atoms with Crippen LogP contribution in [0.15, 0.2) is 18.2 Å². The average Bonchev–Trinajstić information content (AvgIpc) is 2.45. The molecule has 5 heteroatoms. The highest BCUT2D eigenvalue weighted by molar-refractivity contribution is 5.94. The molecule has 112 valence electrons. The van der Waals surface area contributed by atoms with Crippen LogP contribution in [0.4, 0.5) is 0 Å². The molecule has 0 radical (unpaired) electrons. The summed E-state index contributed by atoms with van der Waals surface area (Å²) in [4.78, 5) is 12.0. The van der Waals surface area contributed by atoms with E-state index in [1.165, 1.54) is 0 Å². The molecule has 0 bridgehead atoms. The molecule has 0 aliphatic carbocycles. The Morgan fingerprint density at radius 3 is 2.75 bits per heavy atom. The molecule has 1 rings (SSSR count). The summed E-state index contributed by atoms with van der Waals surface area (Å²) in [7, 11) is 1.54. The predicted molar refractivity (Wildman–Crippen MR) is 77.4 cm³/mol. The van der Waals surface area contributed by atoms with E-state index in [0.29, 0.717) is 36.6 Å². The lowest BCUT2D eigenvalue weighted by atomic mass is 10.1. The first-order chi connectivity index (χ1) is 9.62. The van der Waals surface area contributed by atoms with Gasteiger partial charge in [0, 0.05) is 18.7 Å². The first kappa shape index (κ1) is 16.3. The van der Waals surface area contributed by atoms with Crippen LogP contribution in [0.1, 0.15) is 30.6 Å². The zero-order valence-electron chi connectivity index (χ0n) is 12.3. The van der Waals surface area contributed by atoms with Crippen LogP contribution in [0.3, 0.4) is 0 Å². The van der Waals surface area contributed by atoms with Gasteiger partial charge in [0.25, 0.3) is 5.91 Å². The number of benzene rings is 1. The molecule has 0 aliphatic rings. The minimum atomic E-state index is -0.156. The number of hydrogen-bond donors (Lipinski definition) is 2. The van der Waals surface area contributed by atoms with E-state index in [1.807, 2.05) is 13.8 Å². The minimum absolute atomic E-state index is 0.133. The monoisotopic (exact) mass is 281 g/mol. The zero-order chi connectivity index (χ0) is 15.0. The van der Waals surface area contributed by atoms with E-state index < -0.39 is 0 Å². The first-order valence-corrected chi connectivity index (χ1v) is 6.82. The normalized spacial score (nSPS) is 11.8. The zero-order valence-corrected chi connectivity index (χ0v) is 12.3. The van der Waals surface area contributed by atoms with Crippen LogP contribution in [0.5, 0.6) is 11.5 Å². The maximum Gasteiger partial charge on any atom is 0.251 e. The summed E-state index contributed by atoms with van der Waals surface area (Å²) in [6.07, 6.45) is 0.673. The molecule has 1 aromatic rings.